The number of carbonyl (C=O) groups excluding carboxylic acids is 3. The number of ether oxygens (including phenoxy) is 2. The average Bonchev–Trinajstić information content (AvgIpc) is 3.14. The number of methoxy groups -OCH3 is 2. The predicted molar refractivity (Wildman–Crippen MR) is 197 cm³/mol. The smallest absolute Gasteiger partial charge is 0.416 e. The molecule has 0 saturated carbocycles. The molecule has 0 aliphatic carbocycles. The lowest BCUT2D eigenvalue weighted by molar-refractivity contribution is -0.137. The van der Waals surface area contributed by atoms with Crippen molar-refractivity contribution in [2.75, 3.05) is 24.9 Å². The third kappa shape index (κ3) is 9.74. The SMILES string of the molecule is COc1ccc(/C=C(/NC(=O)c2ccccc2)C(=O)Nc2cccc(SC(C(=O)Nc3cc(C(F)(F)F)ccc3Cl)c3ccccc3)c2)cc1OC. The molecule has 0 radical (unpaired) electrons. The van der Waals surface area contributed by atoms with Crippen LogP contribution in [-0.4, -0.2) is 31.9 Å². The Kier molecular flexibility index (Phi) is 12.3. The van der Waals surface area contributed by atoms with Crippen LogP contribution in [0.3, 0.4) is 0 Å². The zero-order chi connectivity index (χ0) is 37.3. The fraction of sp³-hybridized carbons (Fsp3) is 0.103. The number of rotatable bonds is 12. The minimum atomic E-state index is -4.64. The summed E-state index contributed by atoms with van der Waals surface area (Å²) in [6, 6.07) is 31.4. The van der Waals surface area contributed by atoms with Gasteiger partial charge in [-0.05, 0) is 77.9 Å². The average molecular weight is 746 g/mol. The van der Waals surface area contributed by atoms with Gasteiger partial charge in [-0.15, -0.1) is 11.8 Å². The molecule has 13 heteroatoms. The van der Waals surface area contributed by atoms with Crippen molar-refractivity contribution >= 4 is 58.5 Å². The highest BCUT2D eigenvalue weighted by molar-refractivity contribution is 8.00. The monoisotopic (exact) mass is 745 g/mol. The Hall–Kier alpha value is -5.72. The molecule has 3 N–H and O–H groups in total. The van der Waals surface area contributed by atoms with Crippen LogP contribution < -0.4 is 25.4 Å². The first-order valence-corrected chi connectivity index (χ1v) is 16.8. The van der Waals surface area contributed by atoms with E-state index >= 15 is 0 Å². The normalized spacial score (nSPS) is 12.0. The number of benzene rings is 5. The third-order valence-corrected chi connectivity index (χ3v) is 9.06. The molecule has 0 aliphatic heterocycles. The molecule has 0 saturated heterocycles. The zero-order valence-corrected chi connectivity index (χ0v) is 29.2. The Balaban J connectivity index is 1.41. The molecule has 5 rings (SSSR count). The van der Waals surface area contributed by atoms with Crippen LogP contribution in [0, 0.1) is 0 Å². The van der Waals surface area contributed by atoms with Crippen molar-refractivity contribution in [2.45, 2.75) is 16.3 Å². The second-order valence-electron chi connectivity index (χ2n) is 11.1. The standard InChI is InChI=1S/C39H31ClF3N3O5S/c1-50-33-19-16-24(21-34(33)51-2)20-32(46-36(47)26-12-7-4-8-13-26)37(48)44-28-14-9-15-29(23-28)52-35(25-10-5-3-6-11-25)38(49)45-31-22-27(39(41,42)43)17-18-30(31)40/h3-23,35H,1-2H3,(H,44,48)(H,45,49)(H,46,47)/b32-20+. The van der Waals surface area contributed by atoms with Crippen molar-refractivity contribution in [2.24, 2.45) is 0 Å². The van der Waals surface area contributed by atoms with Gasteiger partial charge in [0.25, 0.3) is 11.8 Å². The van der Waals surface area contributed by atoms with Crippen LogP contribution in [0.4, 0.5) is 24.5 Å². The summed E-state index contributed by atoms with van der Waals surface area (Å²) in [6.07, 6.45) is -3.14. The van der Waals surface area contributed by atoms with E-state index < -0.39 is 34.7 Å². The predicted octanol–water partition coefficient (Wildman–Crippen LogP) is 9.26. The number of alkyl halides is 3. The van der Waals surface area contributed by atoms with Gasteiger partial charge >= 0.3 is 6.18 Å². The molecule has 5 aromatic carbocycles. The summed E-state index contributed by atoms with van der Waals surface area (Å²) in [5.74, 6) is -0.867. The van der Waals surface area contributed by atoms with E-state index in [1.54, 1.807) is 103 Å². The molecule has 1 unspecified atom stereocenters. The number of amides is 3. The van der Waals surface area contributed by atoms with Crippen molar-refractivity contribution < 1.29 is 37.0 Å². The first-order chi connectivity index (χ1) is 24.9. The van der Waals surface area contributed by atoms with Crippen LogP contribution in [-0.2, 0) is 15.8 Å². The van der Waals surface area contributed by atoms with Gasteiger partial charge < -0.3 is 25.4 Å². The fourth-order valence-electron chi connectivity index (χ4n) is 4.93. The zero-order valence-electron chi connectivity index (χ0n) is 27.7. The maximum Gasteiger partial charge on any atom is 0.416 e. The summed E-state index contributed by atoms with van der Waals surface area (Å²) in [4.78, 5) is 41.1. The molecule has 8 nitrogen and oxygen atoms in total. The number of anilines is 2. The van der Waals surface area contributed by atoms with E-state index in [1.807, 2.05) is 0 Å². The molecule has 52 heavy (non-hydrogen) atoms. The highest BCUT2D eigenvalue weighted by atomic mass is 35.5. The van der Waals surface area contributed by atoms with Gasteiger partial charge in [0.2, 0.25) is 5.91 Å². The maximum absolute atomic E-state index is 13.7. The van der Waals surface area contributed by atoms with Crippen molar-refractivity contribution in [3.05, 3.63) is 154 Å². The first kappa shape index (κ1) is 37.5. The summed E-state index contributed by atoms with van der Waals surface area (Å²) < 4.78 is 50.9. The summed E-state index contributed by atoms with van der Waals surface area (Å²) in [5.41, 5.74) is 0.580. The highest BCUT2D eigenvalue weighted by Gasteiger charge is 2.32. The topological polar surface area (TPSA) is 106 Å². The molecule has 266 valence electrons. The van der Waals surface area contributed by atoms with E-state index in [0.29, 0.717) is 38.8 Å². The fourth-order valence-corrected chi connectivity index (χ4v) is 6.18. The Labute approximate surface area is 307 Å². The summed E-state index contributed by atoms with van der Waals surface area (Å²) >= 11 is 7.28. The summed E-state index contributed by atoms with van der Waals surface area (Å²) in [5, 5.41) is 7.06. The van der Waals surface area contributed by atoms with Crippen molar-refractivity contribution in [1.82, 2.24) is 5.32 Å². The lowest BCUT2D eigenvalue weighted by Gasteiger charge is -2.19. The molecule has 0 spiro atoms. The minimum Gasteiger partial charge on any atom is -0.493 e. The second-order valence-corrected chi connectivity index (χ2v) is 12.7. The number of thioether (sulfide) groups is 1. The van der Waals surface area contributed by atoms with Crippen molar-refractivity contribution in [3.8, 4) is 11.5 Å². The molecule has 0 heterocycles. The molecule has 0 aliphatic rings. The maximum atomic E-state index is 13.7. The Morgan fingerprint density at radius 2 is 1.46 bits per heavy atom. The lowest BCUT2D eigenvalue weighted by Crippen LogP contribution is -2.30. The molecule has 1 atom stereocenters. The van der Waals surface area contributed by atoms with Crippen LogP contribution in [0.15, 0.2) is 132 Å². The van der Waals surface area contributed by atoms with Crippen LogP contribution in [0.1, 0.15) is 32.3 Å². The largest absolute Gasteiger partial charge is 0.493 e. The van der Waals surface area contributed by atoms with Gasteiger partial charge in [-0.2, -0.15) is 13.2 Å². The molecule has 0 fully saturated rings. The van der Waals surface area contributed by atoms with Gasteiger partial charge in [-0.3, -0.25) is 14.4 Å². The second kappa shape index (κ2) is 17.0. The summed E-state index contributed by atoms with van der Waals surface area (Å²) in [7, 11) is 2.98. The van der Waals surface area contributed by atoms with E-state index in [-0.39, 0.29) is 16.4 Å². The molecule has 0 bridgehead atoms. The lowest BCUT2D eigenvalue weighted by atomic mass is 10.1. The van der Waals surface area contributed by atoms with Gasteiger partial charge in [0.15, 0.2) is 11.5 Å². The number of hydrogen-bond donors (Lipinski definition) is 3. The van der Waals surface area contributed by atoms with E-state index in [0.717, 1.165) is 30.0 Å². The van der Waals surface area contributed by atoms with Gasteiger partial charge in [0, 0.05) is 16.1 Å². The molecule has 0 aromatic heterocycles. The van der Waals surface area contributed by atoms with Crippen LogP contribution >= 0.6 is 23.4 Å². The quantitative estimate of drug-likeness (QED) is 0.0869. The molecular weight excluding hydrogens is 715 g/mol. The van der Waals surface area contributed by atoms with Gasteiger partial charge in [0.1, 0.15) is 10.9 Å². The number of nitrogens with one attached hydrogen (secondary N) is 3. The number of halogens is 4. The van der Waals surface area contributed by atoms with Gasteiger partial charge in [0.05, 0.1) is 30.5 Å². The Morgan fingerprint density at radius 3 is 2.13 bits per heavy atom. The van der Waals surface area contributed by atoms with E-state index in [9.17, 15) is 27.6 Å². The first-order valence-electron chi connectivity index (χ1n) is 15.6. The van der Waals surface area contributed by atoms with Crippen LogP contribution in [0.2, 0.25) is 5.02 Å². The number of carbonyl (C=O) groups is 3. The molecular formula is C39H31ClF3N3O5S. The van der Waals surface area contributed by atoms with E-state index in [4.69, 9.17) is 21.1 Å². The molecule has 5 aromatic rings. The third-order valence-electron chi connectivity index (χ3n) is 7.49. The van der Waals surface area contributed by atoms with Crippen molar-refractivity contribution in [3.63, 3.8) is 0 Å². The van der Waals surface area contributed by atoms with Crippen LogP contribution in [0.25, 0.3) is 6.08 Å². The highest BCUT2D eigenvalue weighted by Crippen LogP contribution is 2.39. The summed E-state index contributed by atoms with van der Waals surface area (Å²) in [6.45, 7) is 0. The van der Waals surface area contributed by atoms with Crippen LogP contribution in [0.5, 0.6) is 11.5 Å². The van der Waals surface area contributed by atoms with E-state index in [2.05, 4.69) is 16.0 Å². The number of hydrogen-bond acceptors (Lipinski definition) is 6. The minimum absolute atomic E-state index is 0.0563. The van der Waals surface area contributed by atoms with Crippen molar-refractivity contribution in [1.29, 1.82) is 0 Å². The van der Waals surface area contributed by atoms with Gasteiger partial charge in [-0.1, -0.05) is 72.3 Å². The van der Waals surface area contributed by atoms with Gasteiger partial charge in [-0.25, -0.2) is 0 Å². The molecule has 3 amide bonds. The Morgan fingerprint density at radius 1 is 0.769 bits per heavy atom. The Bertz CT molecular complexity index is 2100. The van der Waals surface area contributed by atoms with E-state index in [1.165, 1.54) is 20.3 Å².